The van der Waals surface area contributed by atoms with Gasteiger partial charge in [-0.1, -0.05) is 12.1 Å². The van der Waals surface area contributed by atoms with Gasteiger partial charge in [-0.3, -0.25) is 0 Å². The molecule has 0 radical (unpaired) electrons. The maximum atomic E-state index is 13.0. The number of phenolic OH excluding ortho intramolecular Hbond substituents is 1. The SMILES string of the molecule is Oc1ccc(C(F)(F)F)cc1-c1cccc(F)c1. The van der Waals surface area contributed by atoms with Crippen LogP contribution in [0.1, 0.15) is 5.56 Å². The van der Waals surface area contributed by atoms with E-state index in [4.69, 9.17) is 0 Å². The van der Waals surface area contributed by atoms with E-state index in [-0.39, 0.29) is 16.9 Å². The Bertz CT molecular complexity index is 575. The third kappa shape index (κ3) is 2.45. The molecule has 2 aromatic rings. The van der Waals surface area contributed by atoms with Crippen molar-refractivity contribution in [1.29, 1.82) is 0 Å². The van der Waals surface area contributed by atoms with E-state index < -0.39 is 17.6 Å². The van der Waals surface area contributed by atoms with Gasteiger partial charge in [-0.05, 0) is 35.9 Å². The largest absolute Gasteiger partial charge is 0.507 e. The molecule has 0 saturated heterocycles. The molecule has 0 fully saturated rings. The highest BCUT2D eigenvalue weighted by molar-refractivity contribution is 5.70. The Balaban J connectivity index is 2.57. The average molecular weight is 256 g/mol. The summed E-state index contributed by atoms with van der Waals surface area (Å²) in [4.78, 5) is 0. The lowest BCUT2D eigenvalue weighted by molar-refractivity contribution is -0.137. The molecular weight excluding hydrogens is 248 g/mol. The van der Waals surface area contributed by atoms with Crippen molar-refractivity contribution in [1.82, 2.24) is 0 Å². The van der Waals surface area contributed by atoms with Crippen molar-refractivity contribution in [2.75, 3.05) is 0 Å². The molecule has 0 spiro atoms. The molecule has 0 aliphatic heterocycles. The van der Waals surface area contributed by atoms with Crippen LogP contribution in [-0.4, -0.2) is 5.11 Å². The molecule has 1 N–H and O–H groups in total. The van der Waals surface area contributed by atoms with E-state index in [1.54, 1.807) is 0 Å². The van der Waals surface area contributed by atoms with Crippen LogP contribution in [0.3, 0.4) is 0 Å². The molecule has 0 heterocycles. The van der Waals surface area contributed by atoms with E-state index in [9.17, 15) is 22.7 Å². The second-order valence-corrected chi connectivity index (χ2v) is 3.74. The average Bonchev–Trinajstić information content (AvgIpc) is 2.28. The van der Waals surface area contributed by atoms with Crippen molar-refractivity contribution in [2.45, 2.75) is 6.18 Å². The van der Waals surface area contributed by atoms with Crippen LogP contribution in [0.4, 0.5) is 17.6 Å². The second kappa shape index (κ2) is 4.33. The molecule has 2 rings (SSSR count). The van der Waals surface area contributed by atoms with Crippen LogP contribution in [0.25, 0.3) is 11.1 Å². The smallest absolute Gasteiger partial charge is 0.416 e. The molecule has 2 aromatic carbocycles. The summed E-state index contributed by atoms with van der Waals surface area (Å²) in [6.45, 7) is 0. The molecule has 0 bridgehead atoms. The van der Waals surface area contributed by atoms with Crippen molar-refractivity contribution in [2.24, 2.45) is 0 Å². The first-order valence-electron chi connectivity index (χ1n) is 5.04. The Morgan fingerprint density at radius 2 is 1.67 bits per heavy atom. The van der Waals surface area contributed by atoms with Crippen molar-refractivity contribution in [3.05, 3.63) is 53.8 Å². The third-order valence-corrected chi connectivity index (χ3v) is 2.46. The van der Waals surface area contributed by atoms with Crippen molar-refractivity contribution >= 4 is 0 Å². The van der Waals surface area contributed by atoms with E-state index in [1.165, 1.54) is 18.2 Å². The minimum Gasteiger partial charge on any atom is -0.507 e. The summed E-state index contributed by atoms with van der Waals surface area (Å²) >= 11 is 0. The zero-order valence-electron chi connectivity index (χ0n) is 9.00. The molecule has 0 aliphatic rings. The summed E-state index contributed by atoms with van der Waals surface area (Å²) in [5.74, 6) is -0.905. The van der Waals surface area contributed by atoms with Crippen molar-refractivity contribution in [3.8, 4) is 16.9 Å². The summed E-state index contributed by atoms with van der Waals surface area (Å²) in [6, 6.07) is 7.55. The van der Waals surface area contributed by atoms with Gasteiger partial charge in [0.2, 0.25) is 0 Å². The second-order valence-electron chi connectivity index (χ2n) is 3.74. The molecule has 0 aromatic heterocycles. The third-order valence-electron chi connectivity index (χ3n) is 2.46. The predicted molar refractivity (Wildman–Crippen MR) is 58.5 cm³/mol. The predicted octanol–water partition coefficient (Wildman–Crippen LogP) is 4.22. The fraction of sp³-hybridized carbons (Fsp3) is 0.0769. The molecule has 5 heteroatoms. The topological polar surface area (TPSA) is 20.2 Å². The maximum absolute atomic E-state index is 13.0. The van der Waals surface area contributed by atoms with Crippen LogP contribution in [0, 0.1) is 5.82 Å². The molecule has 94 valence electrons. The van der Waals surface area contributed by atoms with Gasteiger partial charge in [0.1, 0.15) is 11.6 Å². The summed E-state index contributed by atoms with van der Waals surface area (Å²) in [5.41, 5.74) is -0.748. The molecule has 0 atom stereocenters. The molecule has 0 unspecified atom stereocenters. The molecule has 0 saturated carbocycles. The number of alkyl halides is 3. The first kappa shape index (κ1) is 12.4. The van der Waals surface area contributed by atoms with E-state index in [0.29, 0.717) is 0 Å². The number of aromatic hydroxyl groups is 1. The van der Waals surface area contributed by atoms with Crippen molar-refractivity contribution in [3.63, 3.8) is 0 Å². The molecule has 0 aliphatic carbocycles. The highest BCUT2D eigenvalue weighted by Gasteiger charge is 2.31. The van der Waals surface area contributed by atoms with Gasteiger partial charge in [0, 0.05) is 5.56 Å². The zero-order chi connectivity index (χ0) is 13.3. The van der Waals surface area contributed by atoms with Crippen LogP contribution in [0.15, 0.2) is 42.5 Å². The van der Waals surface area contributed by atoms with E-state index >= 15 is 0 Å². The van der Waals surface area contributed by atoms with Crippen LogP contribution >= 0.6 is 0 Å². The first-order valence-corrected chi connectivity index (χ1v) is 5.04. The quantitative estimate of drug-likeness (QED) is 0.757. The Labute approximate surface area is 100 Å². The minimum absolute atomic E-state index is 0.0516. The van der Waals surface area contributed by atoms with Crippen LogP contribution in [0.2, 0.25) is 0 Å². The van der Waals surface area contributed by atoms with Crippen molar-refractivity contribution < 1.29 is 22.7 Å². The summed E-state index contributed by atoms with van der Waals surface area (Å²) < 4.78 is 50.6. The van der Waals surface area contributed by atoms with Gasteiger partial charge in [-0.2, -0.15) is 13.2 Å². The van der Waals surface area contributed by atoms with Crippen LogP contribution in [0.5, 0.6) is 5.75 Å². The normalized spacial score (nSPS) is 11.6. The molecular formula is C13H8F4O. The number of rotatable bonds is 1. The van der Waals surface area contributed by atoms with Gasteiger partial charge >= 0.3 is 6.18 Å². The Morgan fingerprint density at radius 1 is 0.944 bits per heavy atom. The standard InChI is InChI=1S/C13H8F4O/c14-10-3-1-2-8(6-10)11-7-9(13(15,16)17)4-5-12(11)18/h1-7,18H. The number of phenols is 1. The Hall–Kier alpha value is -2.04. The van der Waals surface area contributed by atoms with E-state index in [0.717, 1.165) is 24.3 Å². The number of halogens is 4. The summed E-state index contributed by atoms with van der Waals surface area (Å²) in [7, 11) is 0. The molecule has 1 nitrogen and oxygen atoms in total. The van der Waals surface area contributed by atoms with Gasteiger partial charge in [-0.15, -0.1) is 0 Å². The monoisotopic (exact) mass is 256 g/mol. The lowest BCUT2D eigenvalue weighted by Gasteiger charge is -2.10. The summed E-state index contributed by atoms with van der Waals surface area (Å²) in [5, 5.41) is 9.56. The van der Waals surface area contributed by atoms with E-state index in [2.05, 4.69) is 0 Å². The fourth-order valence-corrected chi connectivity index (χ4v) is 1.60. The van der Waals surface area contributed by atoms with Crippen LogP contribution in [-0.2, 0) is 6.18 Å². The lowest BCUT2D eigenvalue weighted by atomic mass is 10.0. The molecule has 0 amide bonds. The van der Waals surface area contributed by atoms with Gasteiger partial charge < -0.3 is 5.11 Å². The highest BCUT2D eigenvalue weighted by atomic mass is 19.4. The fourth-order valence-electron chi connectivity index (χ4n) is 1.60. The molecule has 18 heavy (non-hydrogen) atoms. The van der Waals surface area contributed by atoms with Gasteiger partial charge in [-0.25, -0.2) is 4.39 Å². The Morgan fingerprint density at radius 3 is 2.28 bits per heavy atom. The van der Waals surface area contributed by atoms with Crippen LogP contribution < -0.4 is 0 Å². The summed E-state index contributed by atoms with van der Waals surface area (Å²) in [6.07, 6.45) is -4.50. The minimum atomic E-state index is -4.50. The highest BCUT2D eigenvalue weighted by Crippen LogP contribution is 2.36. The van der Waals surface area contributed by atoms with Gasteiger partial charge in [0.25, 0.3) is 0 Å². The number of hydrogen-bond donors (Lipinski definition) is 1. The van der Waals surface area contributed by atoms with Gasteiger partial charge in [0.15, 0.2) is 0 Å². The zero-order valence-corrected chi connectivity index (χ0v) is 9.00. The Kier molecular flexibility index (Phi) is 2.98. The lowest BCUT2D eigenvalue weighted by Crippen LogP contribution is -2.04. The number of benzene rings is 2. The first-order chi connectivity index (χ1) is 8.38. The van der Waals surface area contributed by atoms with Gasteiger partial charge in [0.05, 0.1) is 5.56 Å². The van der Waals surface area contributed by atoms with E-state index in [1.807, 2.05) is 0 Å². The number of hydrogen-bond acceptors (Lipinski definition) is 1. The maximum Gasteiger partial charge on any atom is 0.416 e.